The minimum atomic E-state index is -3.40. The first-order valence-corrected chi connectivity index (χ1v) is 10.1. The van der Waals surface area contributed by atoms with Crippen LogP contribution >= 0.6 is 7.60 Å². The molecule has 0 aliphatic rings. The number of ether oxygens (including phenoxy) is 1. The number of hydrogen-bond donors (Lipinski definition) is 1. The Morgan fingerprint density at radius 2 is 1.72 bits per heavy atom. The third kappa shape index (κ3) is 7.23. The predicted molar refractivity (Wildman–Crippen MR) is 95.5 cm³/mol. The van der Waals surface area contributed by atoms with Crippen molar-refractivity contribution in [2.24, 2.45) is 0 Å². The molecule has 25 heavy (non-hydrogen) atoms. The van der Waals surface area contributed by atoms with Gasteiger partial charge in [0, 0.05) is 0 Å². The number of nitrogens with zero attached hydrogens (tertiary/aromatic N) is 3. The van der Waals surface area contributed by atoms with E-state index in [0.717, 1.165) is 0 Å². The Morgan fingerprint density at radius 1 is 1.16 bits per heavy atom. The highest BCUT2D eigenvalue weighted by atomic mass is 31.2. The molecule has 0 aliphatic carbocycles. The van der Waals surface area contributed by atoms with Crippen LogP contribution < -0.4 is 11.4 Å². The molecule has 0 radical (unpaired) electrons. The van der Waals surface area contributed by atoms with Crippen molar-refractivity contribution in [3.05, 3.63) is 16.3 Å². The molecule has 10 heteroatoms. The lowest BCUT2D eigenvalue weighted by molar-refractivity contribution is 0.0413. The molecule has 1 rings (SSSR count). The van der Waals surface area contributed by atoms with Crippen LogP contribution in [0.3, 0.4) is 0 Å². The van der Waals surface area contributed by atoms with Gasteiger partial charge in [-0.15, -0.1) is 0 Å². The highest BCUT2D eigenvalue weighted by Gasteiger charge is 2.29. The molecular formula is C15H29N4O5P. The molecule has 0 fully saturated rings. The summed E-state index contributed by atoms with van der Waals surface area (Å²) < 4.78 is 30.8. The Labute approximate surface area is 148 Å². The van der Waals surface area contributed by atoms with E-state index in [9.17, 15) is 9.36 Å². The first-order chi connectivity index (χ1) is 11.6. The van der Waals surface area contributed by atoms with Crippen LogP contribution in [0.25, 0.3) is 0 Å². The molecular weight excluding hydrogens is 347 g/mol. The quantitative estimate of drug-likeness (QED) is 0.618. The first-order valence-electron chi connectivity index (χ1n) is 8.34. The molecule has 144 valence electrons. The number of anilines is 1. The van der Waals surface area contributed by atoms with Crippen LogP contribution in [0.15, 0.2) is 4.79 Å². The maximum absolute atomic E-state index is 12.8. The second kappa shape index (κ2) is 9.43. The SMILES string of the molecule is CC[C@H](Cn1c(C)nc(N)nc1=O)OCP(=O)(OC(C)C)OC(C)C. The topological polar surface area (TPSA) is 119 Å². The molecule has 1 atom stereocenters. The van der Waals surface area contributed by atoms with Gasteiger partial charge in [0.2, 0.25) is 5.95 Å². The zero-order valence-electron chi connectivity index (χ0n) is 15.8. The second-order valence-corrected chi connectivity index (χ2v) is 8.17. The van der Waals surface area contributed by atoms with E-state index in [1.807, 2.05) is 6.92 Å². The lowest BCUT2D eigenvalue weighted by atomic mass is 10.3. The number of rotatable bonds is 10. The zero-order chi connectivity index (χ0) is 19.2. The number of hydrogen-bond acceptors (Lipinski definition) is 8. The van der Waals surface area contributed by atoms with E-state index in [-0.39, 0.29) is 37.2 Å². The van der Waals surface area contributed by atoms with Crippen molar-refractivity contribution in [3.8, 4) is 0 Å². The fourth-order valence-electron chi connectivity index (χ4n) is 2.19. The molecule has 0 aromatic carbocycles. The first kappa shape index (κ1) is 21.8. The Morgan fingerprint density at radius 3 is 2.16 bits per heavy atom. The lowest BCUT2D eigenvalue weighted by Crippen LogP contribution is -2.33. The fourth-order valence-corrected chi connectivity index (χ4v) is 4.04. The fraction of sp³-hybridized carbons (Fsp3) is 0.800. The van der Waals surface area contributed by atoms with Crippen molar-refractivity contribution >= 4 is 13.5 Å². The predicted octanol–water partition coefficient (Wildman–Crippen LogP) is 2.32. The molecule has 0 saturated carbocycles. The van der Waals surface area contributed by atoms with Crippen molar-refractivity contribution in [1.29, 1.82) is 0 Å². The van der Waals surface area contributed by atoms with Crippen molar-refractivity contribution < 1.29 is 18.3 Å². The molecule has 0 aliphatic heterocycles. The van der Waals surface area contributed by atoms with Gasteiger partial charge in [0.25, 0.3) is 0 Å². The van der Waals surface area contributed by atoms with Crippen molar-refractivity contribution in [1.82, 2.24) is 14.5 Å². The Bertz CT molecular complexity index is 648. The summed E-state index contributed by atoms with van der Waals surface area (Å²) in [4.78, 5) is 19.6. The third-order valence-corrected chi connectivity index (χ3v) is 5.11. The molecule has 0 spiro atoms. The van der Waals surface area contributed by atoms with Gasteiger partial charge >= 0.3 is 13.3 Å². The van der Waals surface area contributed by atoms with Gasteiger partial charge in [0.05, 0.1) is 24.9 Å². The van der Waals surface area contributed by atoms with Gasteiger partial charge in [-0.3, -0.25) is 9.13 Å². The summed E-state index contributed by atoms with van der Waals surface area (Å²) >= 11 is 0. The summed E-state index contributed by atoms with van der Waals surface area (Å²) in [5, 5.41) is 0. The van der Waals surface area contributed by atoms with Crippen molar-refractivity contribution in [2.75, 3.05) is 12.1 Å². The van der Waals surface area contributed by atoms with Gasteiger partial charge in [-0.05, 0) is 41.0 Å². The van der Waals surface area contributed by atoms with E-state index in [0.29, 0.717) is 12.2 Å². The maximum Gasteiger partial charge on any atom is 0.356 e. The molecule has 0 unspecified atom stereocenters. The smallest absolute Gasteiger partial charge is 0.356 e. The normalized spacial score (nSPS) is 13.6. The Balaban J connectivity index is 2.84. The van der Waals surface area contributed by atoms with Gasteiger partial charge in [-0.1, -0.05) is 6.92 Å². The average molecular weight is 376 g/mol. The van der Waals surface area contributed by atoms with Crippen LogP contribution in [0.1, 0.15) is 46.9 Å². The van der Waals surface area contributed by atoms with E-state index in [1.165, 1.54) is 4.57 Å². The lowest BCUT2D eigenvalue weighted by Gasteiger charge is -2.25. The molecule has 0 saturated heterocycles. The minimum Gasteiger partial charge on any atom is -0.368 e. The van der Waals surface area contributed by atoms with Crippen LogP contribution in [-0.2, 0) is 24.9 Å². The van der Waals surface area contributed by atoms with Gasteiger partial charge in [-0.25, -0.2) is 9.78 Å². The summed E-state index contributed by atoms with van der Waals surface area (Å²) in [6, 6.07) is 0. The molecule has 9 nitrogen and oxygen atoms in total. The van der Waals surface area contributed by atoms with Crippen molar-refractivity contribution in [3.63, 3.8) is 0 Å². The Hall–Kier alpha value is -1.28. The molecule has 0 bridgehead atoms. The number of aromatic nitrogens is 3. The summed E-state index contributed by atoms with van der Waals surface area (Å²) in [6.07, 6.45) is -0.485. The monoisotopic (exact) mass is 376 g/mol. The van der Waals surface area contributed by atoms with Crippen LogP contribution in [-0.4, -0.2) is 39.2 Å². The van der Waals surface area contributed by atoms with Crippen molar-refractivity contribution in [2.45, 2.75) is 72.8 Å². The number of nitrogens with two attached hydrogens (primary N) is 1. The molecule has 2 N–H and O–H groups in total. The largest absolute Gasteiger partial charge is 0.368 e. The highest BCUT2D eigenvalue weighted by molar-refractivity contribution is 7.53. The van der Waals surface area contributed by atoms with Gasteiger partial charge < -0.3 is 19.5 Å². The van der Waals surface area contributed by atoms with E-state index < -0.39 is 13.3 Å². The summed E-state index contributed by atoms with van der Waals surface area (Å²) in [7, 11) is -3.40. The molecule has 1 heterocycles. The van der Waals surface area contributed by atoms with Crippen LogP contribution in [0.2, 0.25) is 0 Å². The minimum absolute atomic E-state index is 0.0621. The number of nitrogen functional groups attached to an aromatic ring is 1. The molecule has 1 aromatic heterocycles. The zero-order valence-corrected chi connectivity index (χ0v) is 16.7. The third-order valence-electron chi connectivity index (χ3n) is 3.16. The maximum atomic E-state index is 12.8. The van der Waals surface area contributed by atoms with Gasteiger partial charge in [0.1, 0.15) is 12.2 Å². The number of aryl methyl sites for hydroxylation is 1. The van der Waals surface area contributed by atoms with Crippen LogP contribution in [0.4, 0.5) is 5.95 Å². The van der Waals surface area contributed by atoms with E-state index in [2.05, 4.69) is 9.97 Å². The second-order valence-electron chi connectivity index (χ2n) is 6.27. The van der Waals surface area contributed by atoms with E-state index in [1.54, 1.807) is 34.6 Å². The Kier molecular flexibility index (Phi) is 8.21. The van der Waals surface area contributed by atoms with Crippen LogP contribution in [0.5, 0.6) is 0 Å². The summed E-state index contributed by atoms with van der Waals surface area (Å²) in [5.74, 6) is 0.382. The molecule has 1 aromatic rings. The summed E-state index contributed by atoms with van der Waals surface area (Å²) in [5.41, 5.74) is 4.97. The van der Waals surface area contributed by atoms with Gasteiger partial charge in [-0.2, -0.15) is 4.98 Å². The van der Waals surface area contributed by atoms with Crippen LogP contribution in [0, 0.1) is 6.92 Å². The summed E-state index contributed by atoms with van der Waals surface area (Å²) in [6.45, 7) is 10.9. The molecule has 0 amide bonds. The van der Waals surface area contributed by atoms with E-state index in [4.69, 9.17) is 19.5 Å². The standard InChI is InChI=1S/C15H29N4O5P/c1-7-13(8-19-12(6)17-14(16)18-15(19)20)22-9-25(21,23-10(2)3)24-11(4)5/h10-11,13H,7-9H2,1-6H3,(H2,16,18,20)/t13-/m1/s1. The van der Waals surface area contributed by atoms with E-state index >= 15 is 0 Å². The average Bonchev–Trinajstić information content (AvgIpc) is 2.43. The van der Waals surface area contributed by atoms with Gasteiger partial charge in [0.15, 0.2) is 0 Å². The highest BCUT2D eigenvalue weighted by Crippen LogP contribution is 2.50.